The van der Waals surface area contributed by atoms with E-state index in [9.17, 15) is 9.59 Å². The van der Waals surface area contributed by atoms with E-state index in [4.69, 9.17) is 0 Å². The second kappa shape index (κ2) is 3.94. The third kappa shape index (κ3) is 1.90. The van der Waals surface area contributed by atoms with Crippen LogP contribution in [0.5, 0.6) is 0 Å². The molecule has 1 heterocycles. The van der Waals surface area contributed by atoms with Crippen LogP contribution in [0.1, 0.15) is 23.2 Å². The van der Waals surface area contributed by atoms with E-state index in [2.05, 4.69) is 27.6 Å². The fourth-order valence-electron chi connectivity index (χ4n) is 1.94. The number of H-pyrrole nitrogens is 1. The van der Waals surface area contributed by atoms with Crippen molar-refractivity contribution < 1.29 is 4.79 Å². The number of fused-ring (bicyclic) bond motifs is 1. The van der Waals surface area contributed by atoms with E-state index in [-0.39, 0.29) is 17.1 Å². The van der Waals surface area contributed by atoms with Crippen molar-refractivity contribution in [1.82, 2.24) is 4.98 Å². The van der Waals surface area contributed by atoms with Crippen molar-refractivity contribution in [1.29, 1.82) is 0 Å². The molecule has 0 radical (unpaired) electrons. The Morgan fingerprint density at radius 2 is 2.12 bits per heavy atom. The monoisotopic (exact) mass is 339 g/mol. The minimum atomic E-state index is -0.144. The van der Waals surface area contributed by atoms with Crippen LogP contribution in [-0.4, -0.2) is 10.8 Å². The van der Waals surface area contributed by atoms with Gasteiger partial charge in [0.05, 0.1) is 5.56 Å². The minimum absolute atomic E-state index is 0.00740. The van der Waals surface area contributed by atoms with E-state index >= 15 is 0 Å². The van der Waals surface area contributed by atoms with Crippen LogP contribution in [0.4, 0.5) is 0 Å². The van der Waals surface area contributed by atoms with Gasteiger partial charge >= 0.3 is 0 Å². The smallest absolute Gasteiger partial charge is 0.200 e. The number of carbonyl (C=O) groups is 1. The quantitative estimate of drug-likeness (QED) is 0.676. The normalized spacial score (nSPS) is 15.1. The minimum Gasteiger partial charge on any atom is -0.360 e. The van der Waals surface area contributed by atoms with E-state index in [1.54, 1.807) is 6.20 Å². The van der Waals surface area contributed by atoms with Gasteiger partial charge in [0.25, 0.3) is 0 Å². The highest BCUT2D eigenvalue weighted by Gasteiger charge is 2.32. The van der Waals surface area contributed by atoms with Gasteiger partial charge in [0.15, 0.2) is 11.2 Å². The Kier molecular flexibility index (Phi) is 2.54. The number of benzene rings is 1. The molecule has 17 heavy (non-hydrogen) atoms. The van der Waals surface area contributed by atoms with Gasteiger partial charge in [-0.3, -0.25) is 9.59 Å². The number of pyridine rings is 1. The highest BCUT2D eigenvalue weighted by molar-refractivity contribution is 14.1. The molecule has 0 spiro atoms. The van der Waals surface area contributed by atoms with Crippen molar-refractivity contribution in [2.45, 2.75) is 12.8 Å². The molecule has 0 atom stereocenters. The predicted octanol–water partition coefficient (Wildman–Crippen LogP) is 2.73. The second-order valence-corrected chi connectivity index (χ2v) is 5.61. The summed E-state index contributed by atoms with van der Waals surface area (Å²) >= 11 is 2.16. The van der Waals surface area contributed by atoms with Gasteiger partial charge in [-0.2, -0.15) is 0 Å². The summed E-state index contributed by atoms with van der Waals surface area (Å²) in [5.74, 6) is 0.0725. The van der Waals surface area contributed by atoms with Gasteiger partial charge in [-0.15, -0.1) is 0 Å². The summed E-state index contributed by atoms with van der Waals surface area (Å²) in [7, 11) is 0. The number of ketones is 1. The van der Waals surface area contributed by atoms with Crippen molar-refractivity contribution in [3.05, 3.63) is 43.8 Å². The number of rotatable bonds is 2. The van der Waals surface area contributed by atoms with E-state index in [1.807, 2.05) is 18.2 Å². The lowest BCUT2D eigenvalue weighted by Gasteiger charge is -2.02. The Balaban J connectivity index is 2.24. The average Bonchev–Trinajstić information content (AvgIpc) is 3.13. The van der Waals surface area contributed by atoms with Crippen LogP contribution in [0.2, 0.25) is 0 Å². The molecular formula is C13H10INO2. The number of hydrogen-bond donors (Lipinski definition) is 1. The van der Waals surface area contributed by atoms with Crippen LogP contribution < -0.4 is 5.43 Å². The standard InChI is InChI=1S/C13H10INO2/c14-8-3-4-11-9(5-8)13(17)10(6-15-11)12(16)7-1-2-7/h3-7H,1-2H2,(H,15,17). The summed E-state index contributed by atoms with van der Waals surface area (Å²) in [5.41, 5.74) is 0.943. The molecule has 0 unspecified atom stereocenters. The Hall–Kier alpha value is -1.17. The third-order valence-corrected chi connectivity index (χ3v) is 3.73. The van der Waals surface area contributed by atoms with Gasteiger partial charge in [-0.25, -0.2) is 0 Å². The molecule has 1 fully saturated rings. The van der Waals surface area contributed by atoms with Gasteiger partial charge in [0.1, 0.15) is 0 Å². The number of aromatic nitrogens is 1. The van der Waals surface area contributed by atoms with Crippen molar-refractivity contribution in [3.63, 3.8) is 0 Å². The second-order valence-electron chi connectivity index (χ2n) is 4.36. The fraction of sp³-hybridized carbons (Fsp3) is 0.231. The van der Waals surface area contributed by atoms with Crippen LogP contribution >= 0.6 is 22.6 Å². The predicted molar refractivity (Wildman–Crippen MR) is 74.3 cm³/mol. The van der Waals surface area contributed by atoms with Crippen LogP contribution in [-0.2, 0) is 0 Å². The highest BCUT2D eigenvalue weighted by atomic mass is 127. The van der Waals surface area contributed by atoms with Crippen molar-refractivity contribution in [2.24, 2.45) is 5.92 Å². The molecule has 1 aliphatic rings. The topological polar surface area (TPSA) is 49.9 Å². The fourth-order valence-corrected chi connectivity index (χ4v) is 2.43. The zero-order valence-electron chi connectivity index (χ0n) is 9.00. The Bertz CT molecular complexity index is 671. The van der Waals surface area contributed by atoms with Crippen molar-refractivity contribution >= 4 is 39.3 Å². The molecule has 3 rings (SSSR count). The van der Waals surface area contributed by atoms with Gasteiger partial charge in [0, 0.05) is 26.6 Å². The molecule has 1 aromatic heterocycles. The summed E-state index contributed by atoms with van der Waals surface area (Å²) < 4.78 is 0.997. The van der Waals surface area contributed by atoms with Gasteiger partial charge in [-0.1, -0.05) is 0 Å². The third-order valence-electron chi connectivity index (χ3n) is 3.06. The van der Waals surface area contributed by atoms with Gasteiger partial charge < -0.3 is 4.98 Å². The maximum absolute atomic E-state index is 12.2. The number of Topliss-reactive ketones (excluding diaryl/α,β-unsaturated/α-hetero) is 1. The first-order valence-electron chi connectivity index (χ1n) is 5.52. The summed E-state index contributed by atoms with van der Waals surface area (Å²) in [6, 6.07) is 5.61. The molecule has 1 N–H and O–H groups in total. The molecule has 1 aromatic carbocycles. The largest absolute Gasteiger partial charge is 0.360 e. The van der Waals surface area contributed by atoms with Gasteiger partial charge in [0.2, 0.25) is 0 Å². The molecule has 2 aromatic rings. The Morgan fingerprint density at radius 1 is 1.35 bits per heavy atom. The summed E-state index contributed by atoms with van der Waals surface area (Å²) in [6.45, 7) is 0. The maximum Gasteiger partial charge on any atom is 0.200 e. The molecular weight excluding hydrogens is 329 g/mol. The molecule has 3 nitrogen and oxygen atoms in total. The van der Waals surface area contributed by atoms with Crippen LogP contribution in [0, 0.1) is 9.49 Å². The lowest BCUT2D eigenvalue weighted by Crippen LogP contribution is -2.17. The molecule has 0 saturated heterocycles. The average molecular weight is 339 g/mol. The molecule has 1 saturated carbocycles. The maximum atomic E-state index is 12.2. The van der Waals surface area contributed by atoms with E-state index < -0.39 is 0 Å². The number of nitrogens with one attached hydrogen (secondary N) is 1. The lowest BCUT2D eigenvalue weighted by molar-refractivity contribution is 0.0966. The van der Waals surface area contributed by atoms with E-state index in [0.29, 0.717) is 10.9 Å². The Morgan fingerprint density at radius 3 is 2.82 bits per heavy atom. The van der Waals surface area contributed by atoms with Crippen LogP contribution in [0.3, 0.4) is 0 Å². The van der Waals surface area contributed by atoms with Crippen LogP contribution in [0.15, 0.2) is 29.2 Å². The van der Waals surface area contributed by atoms with E-state index in [1.165, 1.54) is 0 Å². The molecule has 4 heteroatoms. The number of aromatic amines is 1. The highest BCUT2D eigenvalue weighted by Crippen LogP contribution is 2.31. The number of hydrogen-bond acceptors (Lipinski definition) is 2. The first kappa shape index (κ1) is 11.0. The first-order chi connectivity index (χ1) is 8.16. The molecule has 0 amide bonds. The lowest BCUT2D eigenvalue weighted by atomic mass is 10.1. The summed E-state index contributed by atoms with van der Waals surface area (Å²) in [6.07, 6.45) is 3.39. The number of carbonyl (C=O) groups excluding carboxylic acids is 1. The zero-order valence-corrected chi connectivity index (χ0v) is 11.2. The van der Waals surface area contributed by atoms with E-state index in [0.717, 1.165) is 21.9 Å². The zero-order chi connectivity index (χ0) is 12.0. The van der Waals surface area contributed by atoms with Crippen molar-refractivity contribution in [3.8, 4) is 0 Å². The molecule has 0 bridgehead atoms. The SMILES string of the molecule is O=C(c1c[nH]c2ccc(I)cc2c1=O)C1CC1. The van der Waals surface area contributed by atoms with Crippen molar-refractivity contribution in [2.75, 3.05) is 0 Å². The number of halogens is 1. The summed E-state index contributed by atoms with van der Waals surface area (Å²) in [5, 5.41) is 0.600. The summed E-state index contributed by atoms with van der Waals surface area (Å²) in [4.78, 5) is 27.2. The van der Waals surface area contributed by atoms with Gasteiger partial charge in [-0.05, 0) is 53.6 Å². The first-order valence-corrected chi connectivity index (χ1v) is 6.60. The van der Waals surface area contributed by atoms with Crippen LogP contribution in [0.25, 0.3) is 10.9 Å². The molecule has 1 aliphatic carbocycles. The molecule has 86 valence electrons. The molecule has 0 aliphatic heterocycles. The Labute approximate surface area is 111 Å².